The van der Waals surface area contributed by atoms with Gasteiger partial charge in [-0.1, -0.05) is 17.2 Å². The standard InChI is InChI=1S/C15H9N3O4/c1-8-12(6-9(7-16)17-8)15(21)22-18-13(19)10-4-2-3-5-11(10)14(18)20/h2-6,17H,1H3. The average molecular weight is 295 g/mol. The third-order valence-corrected chi connectivity index (χ3v) is 3.29. The first-order valence-electron chi connectivity index (χ1n) is 6.32. The predicted molar refractivity (Wildman–Crippen MR) is 72.6 cm³/mol. The minimum Gasteiger partial charge on any atom is -0.350 e. The van der Waals surface area contributed by atoms with Crippen LogP contribution in [0.5, 0.6) is 0 Å². The molecule has 0 bridgehead atoms. The quantitative estimate of drug-likeness (QED) is 0.847. The summed E-state index contributed by atoms with van der Waals surface area (Å²) in [5.41, 5.74) is 1.06. The monoisotopic (exact) mass is 295 g/mol. The van der Waals surface area contributed by atoms with Gasteiger partial charge in [-0.3, -0.25) is 9.59 Å². The smallest absolute Gasteiger partial charge is 0.350 e. The number of aromatic nitrogens is 1. The van der Waals surface area contributed by atoms with Gasteiger partial charge in [-0.15, -0.1) is 0 Å². The van der Waals surface area contributed by atoms with Gasteiger partial charge in [0.05, 0.1) is 16.7 Å². The van der Waals surface area contributed by atoms with Crippen molar-refractivity contribution in [2.75, 3.05) is 0 Å². The van der Waals surface area contributed by atoms with E-state index in [0.717, 1.165) is 0 Å². The van der Waals surface area contributed by atoms with Gasteiger partial charge in [0.2, 0.25) is 0 Å². The van der Waals surface area contributed by atoms with Crippen LogP contribution in [0.2, 0.25) is 0 Å². The summed E-state index contributed by atoms with van der Waals surface area (Å²) in [7, 11) is 0. The lowest BCUT2D eigenvalue weighted by atomic mass is 10.1. The SMILES string of the molecule is Cc1[nH]c(C#N)cc1C(=O)ON1C(=O)c2ccccc2C1=O. The Bertz CT molecular complexity index is 825. The molecule has 108 valence electrons. The fourth-order valence-corrected chi connectivity index (χ4v) is 2.21. The van der Waals surface area contributed by atoms with E-state index in [1.165, 1.54) is 18.2 Å². The number of amides is 2. The van der Waals surface area contributed by atoms with Gasteiger partial charge in [0.25, 0.3) is 11.8 Å². The molecule has 2 amide bonds. The second kappa shape index (κ2) is 4.86. The predicted octanol–water partition coefficient (Wildman–Crippen LogP) is 1.56. The number of hydrogen-bond acceptors (Lipinski definition) is 5. The third-order valence-electron chi connectivity index (χ3n) is 3.29. The van der Waals surface area contributed by atoms with Gasteiger partial charge in [0.1, 0.15) is 11.8 Å². The number of rotatable bonds is 2. The molecular formula is C15H9N3O4. The summed E-state index contributed by atoms with van der Waals surface area (Å²) < 4.78 is 0. The molecular weight excluding hydrogens is 286 g/mol. The van der Waals surface area contributed by atoms with E-state index in [1.54, 1.807) is 19.1 Å². The molecule has 0 fully saturated rings. The van der Waals surface area contributed by atoms with E-state index in [4.69, 9.17) is 10.1 Å². The zero-order chi connectivity index (χ0) is 15.9. The Labute approximate surface area is 124 Å². The number of imide groups is 1. The van der Waals surface area contributed by atoms with Gasteiger partial charge in [0.15, 0.2) is 0 Å². The highest BCUT2D eigenvalue weighted by Crippen LogP contribution is 2.23. The summed E-state index contributed by atoms with van der Waals surface area (Å²) >= 11 is 0. The molecule has 3 rings (SSSR count). The number of aromatic amines is 1. The van der Waals surface area contributed by atoms with Crippen LogP contribution in [0.1, 0.15) is 42.5 Å². The van der Waals surface area contributed by atoms with Crippen molar-refractivity contribution in [1.29, 1.82) is 5.26 Å². The van der Waals surface area contributed by atoms with Crippen LogP contribution in [0.3, 0.4) is 0 Å². The van der Waals surface area contributed by atoms with E-state index >= 15 is 0 Å². The van der Waals surface area contributed by atoms with Crippen LogP contribution < -0.4 is 0 Å². The lowest BCUT2D eigenvalue weighted by Crippen LogP contribution is -2.32. The second-order valence-corrected chi connectivity index (χ2v) is 4.66. The number of hydrogen-bond donors (Lipinski definition) is 1. The summed E-state index contributed by atoms with van der Waals surface area (Å²) in [5.74, 6) is -2.27. The van der Waals surface area contributed by atoms with Crippen LogP contribution in [0, 0.1) is 18.3 Å². The molecule has 1 aromatic heterocycles. The Morgan fingerprint density at radius 2 is 1.82 bits per heavy atom. The minimum atomic E-state index is -0.884. The molecule has 7 nitrogen and oxygen atoms in total. The van der Waals surface area contributed by atoms with Crippen molar-refractivity contribution in [2.24, 2.45) is 0 Å². The lowest BCUT2D eigenvalue weighted by Gasteiger charge is -2.12. The summed E-state index contributed by atoms with van der Waals surface area (Å²) in [4.78, 5) is 43.9. The summed E-state index contributed by atoms with van der Waals surface area (Å²) in [6.07, 6.45) is 0. The van der Waals surface area contributed by atoms with E-state index in [9.17, 15) is 14.4 Å². The fourth-order valence-electron chi connectivity index (χ4n) is 2.21. The Morgan fingerprint density at radius 3 is 2.32 bits per heavy atom. The molecule has 0 atom stereocenters. The van der Waals surface area contributed by atoms with Crippen molar-refractivity contribution >= 4 is 17.8 Å². The Morgan fingerprint density at radius 1 is 1.23 bits per heavy atom. The molecule has 1 aliphatic heterocycles. The van der Waals surface area contributed by atoms with Crippen molar-refractivity contribution in [1.82, 2.24) is 10.0 Å². The van der Waals surface area contributed by atoms with Crippen molar-refractivity contribution in [3.63, 3.8) is 0 Å². The summed E-state index contributed by atoms with van der Waals surface area (Å²) in [5, 5.41) is 9.23. The van der Waals surface area contributed by atoms with E-state index in [1.807, 2.05) is 6.07 Å². The molecule has 0 spiro atoms. The molecule has 1 N–H and O–H groups in total. The van der Waals surface area contributed by atoms with Gasteiger partial charge in [-0.05, 0) is 25.1 Å². The molecule has 1 aliphatic rings. The normalized spacial score (nSPS) is 13.0. The van der Waals surface area contributed by atoms with E-state index < -0.39 is 17.8 Å². The molecule has 0 unspecified atom stereocenters. The maximum absolute atomic E-state index is 12.1. The number of carbonyl (C=O) groups is 3. The minimum absolute atomic E-state index is 0.0908. The van der Waals surface area contributed by atoms with Crippen LogP contribution in [0.15, 0.2) is 30.3 Å². The van der Waals surface area contributed by atoms with Crippen LogP contribution in [0.4, 0.5) is 0 Å². The maximum atomic E-state index is 12.1. The highest BCUT2D eigenvalue weighted by atomic mass is 16.7. The van der Waals surface area contributed by atoms with Gasteiger partial charge < -0.3 is 9.82 Å². The number of H-pyrrole nitrogens is 1. The van der Waals surface area contributed by atoms with Crippen LogP contribution in [-0.2, 0) is 4.84 Å². The van der Waals surface area contributed by atoms with Crippen LogP contribution >= 0.6 is 0 Å². The zero-order valence-corrected chi connectivity index (χ0v) is 11.4. The van der Waals surface area contributed by atoms with E-state index in [2.05, 4.69) is 4.98 Å². The molecule has 2 aromatic rings. The average Bonchev–Trinajstić information content (AvgIpc) is 3.01. The van der Waals surface area contributed by atoms with Gasteiger partial charge >= 0.3 is 5.97 Å². The molecule has 0 saturated heterocycles. The number of aryl methyl sites for hydroxylation is 1. The van der Waals surface area contributed by atoms with Gasteiger partial charge in [-0.25, -0.2) is 4.79 Å². The lowest BCUT2D eigenvalue weighted by molar-refractivity contribution is -0.0585. The highest BCUT2D eigenvalue weighted by molar-refractivity contribution is 6.21. The number of benzene rings is 1. The van der Waals surface area contributed by atoms with E-state index in [-0.39, 0.29) is 22.4 Å². The molecule has 0 radical (unpaired) electrons. The molecule has 0 aliphatic carbocycles. The van der Waals surface area contributed by atoms with Crippen molar-refractivity contribution < 1.29 is 19.2 Å². The van der Waals surface area contributed by atoms with Crippen molar-refractivity contribution in [3.05, 3.63) is 58.4 Å². The zero-order valence-electron chi connectivity index (χ0n) is 11.4. The number of fused-ring (bicyclic) bond motifs is 1. The first-order chi connectivity index (χ1) is 10.5. The van der Waals surface area contributed by atoms with Crippen molar-refractivity contribution in [3.8, 4) is 6.07 Å². The number of nitrogens with zero attached hydrogens (tertiary/aromatic N) is 2. The van der Waals surface area contributed by atoms with Crippen molar-refractivity contribution in [2.45, 2.75) is 6.92 Å². The number of hydroxylamine groups is 2. The van der Waals surface area contributed by atoms with Crippen LogP contribution in [-0.4, -0.2) is 27.8 Å². The molecule has 0 saturated carbocycles. The fraction of sp³-hybridized carbons (Fsp3) is 0.0667. The first-order valence-corrected chi connectivity index (χ1v) is 6.32. The summed E-state index contributed by atoms with van der Waals surface area (Å²) in [6, 6.07) is 9.36. The number of carbonyl (C=O) groups excluding carboxylic acids is 3. The van der Waals surface area contributed by atoms with Gasteiger partial charge in [0, 0.05) is 5.69 Å². The Hall–Kier alpha value is -3.40. The maximum Gasteiger partial charge on any atom is 0.365 e. The number of nitriles is 1. The Kier molecular flexibility index (Phi) is 3.00. The second-order valence-electron chi connectivity index (χ2n) is 4.66. The van der Waals surface area contributed by atoms with Crippen LogP contribution in [0.25, 0.3) is 0 Å². The molecule has 1 aromatic carbocycles. The molecule has 22 heavy (non-hydrogen) atoms. The summed E-state index contributed by atoms with van der Waals surface area (Å²) in [6.45, 7) is 1.58. The number of nitrogens with one attached hydrogen (secondary N) is 1. The first kappa shape index (κ1) is 13.6. The van der Waals surface area contributed by atoms with E-state index in [0.29, 0.717) is 10.8 Å². The molecule has 7 heteroatoms. The topological polar surface area (TPSA) is 103 Å². The highest BCUT2D eigenvalue weighted by Gasteiger charge is 2.39. The molecule has 2 heterocycles. The third kappa shape index (κ3) is 1.94. The Balaban J connectivity index is 1.87. The van der Waals surface area contributed by atoms with Gasteiger partial charge in [-0.2, -0.15) is 5.26 Å². The largest absolute Gasteiger partial charge is 0.365 e.